The highest BCUT2D eigenvalue weighted by atomic mass is 35.5. The SMILES string of the molecule is COc1cc(C)[nH]c(=O)c1CNC(=O)c1cc(Cl)c2c(c1C)OC(C1CCC(N3CC4(CC4)C3)CC1)CC2. The standard InChI is InChI=1S/C30H38ClN3O4/c1-17-12-26(37-3)23(29(36)33-17)14-32-28(35)22-13-24(31)21-8-9-25(38-27(21)18(22)2)19-4-6-20(7-5-19)34-15-30(16-34)10-11-30/h12-13,19-20,25H,4-11,14-16H2,1-3H3,(H,32,35)(H,33,36). The Morgan fingerprint density at radius 1 is 1.18 bits per heavy atom. The van der Waals surface area contributed by atoms with Crippen molar-refractivity contribution in [3.8, 4) is 11.5 Å². The number of aromatic amines is 1. The number of ether oxygens (including phenoxy) is 2. The van der Waals surface area contributed by atoms with Gasteiger partial charge in [0.05, 0.1) is 19.2 Å². The quantitative estimate of drug-likeness (QED) is 0.543. The molecule has 1 unspecified atom stereocenters. The number of rotatable bonds is 6. The van der Waals surface area contributed by atoms with Gasteiger partial charge in [-0.3, -0.25) is 14.5 Å². The number of fused-ring (bicyclic) bond motifs is 1. The van der Waals surface area contributed by atoms with Crippen LogP contribution < -0.4 is 20.3 Å². The number of carbonyl (C=O) groups is 1. The molecule has 3 heterocycles. The zero-order chi connectivity index (χ0) is 26.6. The van der Waals surface area contributed by atoms with Gasteiger partial charge in [-0.1, -0.05) is 11.6 Å². The predicted octanol–water partition coefficient (Wildman–Crippen LogP) is 4.93. The third-order valence-electron chi connectivity index (χ3n) is 9.46. The van der Waals surface area contributed by atoms with Gasteiger partial charge in [0.25, 0.3) is 11.5 Å². The van der Waals surface area contributed by atoms with Crippen molar-refractivity contribution in [2.75, 3.05) is 20.2 Å². The highest BCUT2D eigenvalue weighted by Crippen LogP contribution is 2.54. The van der Waals surface area contributed by atoms with Crippen LogP contribution in [0.3, 0.4) is 0 Å². The molecule has 38 heavy (non-hydrogen) atoms. The summed E-state index contributed by atoms with van der Waals surface area (Å²) in [6.45, 7) is 6.42. The van der Waals surface area contributed by atoms with Gasteiger partial charge in [-0.05, 0) is 88.7 Å². The van der Waals surface area contributed by atoms with Crippen molar-refractivity contribution in [2.45, 2.75) is 83.9 Å². The number of H-pyrrole nitrogens is 1. The van der Waals surface area contributed by atoms with Crippen LogP contribution in [0.25, 0.3) is 0 Å². The van der Waals surface area contributed by atoms with E-state index in [2.05, 4.69) is 15.2 Å². The molecular weight excluding hydrogens is 502 g/mol. The van der Waals surface area contributed by atoms with Crippen molar-refractivity contribution in [2.24, 2.45) is 11.3 Å². The van der Waals surface area contributed by atoms with Crippen molar-refractivity contribution < 1.29 is 14.3 Å². The zero-order valence-electron chi connectivity index (χ0n) is 22.6. The van der Waals surface area contributed by atoms with E-state index in [0.717, 1.165) is 41.2 Å². The molecule has 2 aromatic rings. The number of carbonyl (C=O) groups excluding carboxylic acids is 1. The lowest BCUT2D eigenvalue weighted by Gasteiger charge is -2.48. The predicted molar refractivity (Wildman–Crippen MR) is 147 cm³/mol. The first-order valence-corrected chi connectivity index (χ1v) is 14.4. The van der Waals surface area contributed by atoms with Crippen molar-refractivity contribution >= 4 is 17.5 Å². The minimum absolute atomic E-state index is 0.0522. The smallest absolute Gasteiger partial charge is 0.256 e. The topological polar surface area (TPSA) is 83.7 Å². The molecule has 0 radical (unpaired) electrons. The number of pyridine rings is 1. The molecule has 3 fully saturated rings. The first kappa shape index (κ1) is 25.8. The van der Waals surface area contributed by atoms with E-state index >= 15 is 0 Å². The second-order valence-corrected chi connectivity index (χ2v) is 12.4. The average molecular weight is 540 g/mol. The third kappa shape index (κ3) is 4.73. The van der Waals surface area contributed by atoms with Crippen LogP contribution in [-0.2, 0) is 13.0 Å². The summed E-state index contributed by atoms with van der Waals surface area (Å²) in [5.41, 5.74) is 3.81. The van der Waals surface area contributed by atoms with Gasteiger partial charge in [0.1, 0.15) is 17.6 Å². The first-order chi connectivity index (χ1) is 18.3. The number of aryl methyl sites for hydroxylation is 1. The summed E-state index contributed by atoms with van der Waals surface area (Å²) in [4.78, 5) is 31.2. The van der Waals surface area contributed by atoms with Crippen LogP contribution in [0.15, 0.2) is 16.9 Å². The van der Waals surface area contributed by atoms with Crippen molar-refractivity contribution in [1.82, 2.24) is 15.2 Å². The fourth-order valence-electron chi connectivity index (χ4n) is 6.94. The molecule has 4 aliphatic rings. The fourth-order valence-corrected chi connectivity index (χ4v) is 7.23. The summed E-state index contributed by atoms with van der Waals surface area (Å²) in [5, 5.41) is 3.44. The number of amides is 1. The van der Waals surface area contributed by atoms with Crippen LogP contribution >= 0.6 is 11.6 Å². The molecule has 7 nitrogen and oxygen atoms in total. The molecule has 1 atom stereocenters. The van der Waals surface area contributed by atoms with Crippen LogP contribution in [-0.4, -0.2) is 48.1 Å². The number of nitrogens with zero attached hydrogens (tertiary/aromatic N) is 1. The number of benzene rings is 1. The molecule has 1 amide bonds. The van der Waals surface area contributed by atoms with E-state index in [4.69, 9.17) is 21.1 Å². The Kier molecular flexibility index (Phi) is 6.71. The maximum Gasteiger partial charge on any atom is 0.256 e. The van der Waals surface area contributed by atoms with Crippen molar-refractivity contribution in [3.05, 3.63) is 55.5 Å². The molecular formula is C30H38ClN3O4. The monoisotopic (exact) mass is 539 g/mol. The molecule has 0 bridgehead atoms. The van der Waals surface area contributed by atoms with Gasteiger partial charge in [-0.25, -0.2) is 0 Å². The Bertz CT molecular complexity index is 1300. The van der Waals surface area contributed by atoms with E-state index in [0.29, 0.717) is 33.5 Å². The summed E-state index contributed by atoms with van der Waals surface area (Å²) in [6, 6.07) is 4.23. The number of nitrogens with one attached hydrogen (secondary N) is 2. The summed E-state index contributed by atoms with van der Waals surface area (Å²) in [6.07, 6.45) is 9.81. The van der Waals surface area contributed by atoms with Crippen LogP contribution in [0.1, 0.15) is 77.7 Å². The molecule has 2 aliphatic carbocycles. The van der Waals surface area contributed by atoms with Crippen LogP contribution in [0, 0.1) is 25.2 Å². The van der Waals surface area contributed by atoms with E-state index in [1.54, 1.807) is 19.1 Å². The van der Waals surface area contributed by atoms with E-state index in [1.165, 1.54) is 58.7 Å². The third-order valence-corrected chi connectivity index (χ3v) is 9.80. The second-order valence-electron chi connectivity index (χ2n) is 12.0. The molecule has 1 aromatic heterocycles. The number of methoxy groups -OCH3 is 1. The maximum atomic E-state index is 13.2. The Labute approximate surface area is 229 Å². The van der Waals surface area contributed by atoms with Gasteiger partial charge in [-0.2, -0.15) is 0 Å². The largest absolute Gasteiger partial charge is 0.496 e. The minimum atomic E-state index is -0.288. The Morgan fingerprint density at radius 3 is 2.61 bits per heavy atom. The maximum absolute atomic E-state index is 13.2. The van der Waals surface area contributed by atoms with E-state index in [9.17, 15) is 9.59 Å². The second kappa shape index (κ2) is 9.91. The van der Waals surface area contributed by atoms with E-state index in [-0.39, 0.29) is 24.1 Å². The molecule has 1 saturated heterocycles. The number of hydrogen-bond donors (Lipinski definition) is 2. The van der Waals surface area contributed by atoms with Crippen LogP contribution in [0.2, 0.25) is 5.02 Å². The van der Waals surface area contributed by atoms with Crippen LogP contribution in [0.4, 0.5) is 0 Å². The van der Waals surface area contributed by atoms with Gasteiger partial charge < -0.3 is 19.8 Å². The molecule has 1 aromatic carbocycles. The van der Waals surface area contributed by atoms with E-state index in [1.807, 2.05) is 6.92 Å². The summed E-state index contributed by atoms with van der Waals surface area (Å²) >= 11 is 6.67. The molecule has 6 rings (SSSR count). The summed E-state index contributed by atoms with van der Waals surface area (Å²) < 4.78 is 12.0. The number of hydrogen-bond acceptors (Lipinski definition) is 5. The molecule has 2 N–H and O–H groups in total. The van der Waals surface area contributed by atoms with Gasteiger partial charge >= 0.3 is 0 Å². The summed E-state index contributed by atoms with van der Waals surface area (Å²) in [7, 11) is 1.52. The minimum Gasteiger partial charge on any atom is -0.496 e. The van der Waals surface area contributed by atoms with Gasteiger partial charge in [-0.15, -0.1) is 0 Å². The number of likely N-dealkylation sites (tertiary alicyclic amines) is 1. The van der Waals surface area contributed by atoms with Gasteiger partial charge in [0.15, 0.2) is 0 Å². The zero-order valence-corrected chi connectivity index (χ0v) is 23.4. The normalized spacial score (nSPS) is 25.7. The average Bonchev–Trinajstić information content (AvgIpc) is 3.70. The number of halogens is 1. The molecule has 8 heteroatoms. The molecule has 204 valence electrons. The lowest BCUT2D eigenvalue weighted by molar-refractivity contribution is -0.00143. The van der Waals surface area contributed by atoms with Gasteiger partial charge in [0.2, 0.25) is 0 Å². The van der Waals surface area contributed by atoms with Gasteiger partial charge in [0, 0.05) is 46.5 Å². The Morgan fingerprint density at radius 2 is 1.92 bits per heavy atom. The highest BCUT2D eigenvalue weighted by Gasteiger charge is 2.53. The first-order valence-electron chi connectivity index (χ1n) is 14.0. The number of aromatic nitrogens is 1. The Balaban J connectivity index is 1.12. The highest BCUT2D eigenvalue weighted by molar-refractivity contribution is 6.32. The van der Waals surface area contributed by atoms with Crippen molar-refractivity contribution in [1.29, 1.82) is 0 Å². The molecule has 2 saturated carbocycles. The Hall–Kier alpha value is -2.51. The van der Waals surface area contributed by atoms with Crippen molar-refractivity contribution in [3.63, 3.8) is 0 Å². The fraction of sp³-hybridized carbons (Fsp3) is 0.600. The van der Waals surface area contributed by atoms with Crippen LogP contribution in [0.5, 0.6) is 11.5 Å². The summed E-state index contributed by atoms with van der Waals surface area (Å²) in [5.74, 6) is 1.48. The van der Waals surface area contributed by atoms with E-state index < -0.39 is 0 Å². The lowest BCUT2D eigenvalue weighted by Crippen LogP contribution is -2.54. The molecule has 2 aliphatic heterocycles. The molecule has 1 spiro atoms. The lowest BCUT2D eigenvalue weighted by atomic mass is 9.78.